The number of hydrogen-bond acceptors (Lipinski definition) is 4. The van der Waals surface area contributed by atoms with Crippen molar-refractivity contribution in [2.45, 2.75) is 19.2 Å². The SMILES string of the molecule is Cl.Cl.O=C(C1CNCCO1)N(Cc1ccncc1)Cc1ccc(F)cc1. The summed E-state index contributed by atoms with van der Waals surface area (Å²) in [5.74, 6) is -0.353. The van der Waals surface area contributed by atoms with E-state index in [4.69, 9.17) is 4.74 Å². The van der Waals surface area contributed by atoms with Crippen LogP contribution in [0.1, 0.15) is 11.1 Å². The van der Waals surface area contributed by atoms with Crippen molar-refractivity contribution >= 4 is 30.7 Å². The number of nitrogens with zero attached hydrogens (tertiary/aromatic N) is 2. The lowest BCUT2D eigenvalue weighted by atomic mass is 10.1. The lowest BCUT2D eigenvalue weighted by Crippen LogP contribution is -2.49. The van der Waals surface area contributed by atoms with Crippen molar-refractivity contribution in [3.8, 4) is 0 Å². The molecule has 1 aromatic heterocycles. The fourth-order valence-electron chi connectivity index (χ4n) is 2.66. The van der Waals surface area contributed by atoms with Gasteiger partial charge in [-0.25, -0.2) is 4.39 Å². The van der Waals surface area contributed by atoms with Gasteiger partial charge in [-0.3, -0.25) is 9.78 Å². The van der Waals surface area contributed by atoms with Gasteiger partial charge in [-0.05, 0) is 35.4 Å². The van der Waals surface area contributed by atoms with Gasteiger partial charge in [-0.15, -0.1) is 24.8 Å². The first-order chi connectivity index (χ1) is 11.7. The molecular formula is C18H22Cl2FN3O2. The van der Waals surface area contributed by atoms with Gasteiger partial charge in [0.15, 0.2) is 0 Å². The number of aromatic nitrogens is 1. The standard InChI is InChI=1S/C18H20FN3O2.2ClH/c19-16-3-1-14(2-4-16)12-22(13-15-5-7-20-8-6-15)18(23)17-11-21-9-10-24-17;;/h1-8,17,21H,9-13H2;2*1H. The number of benzene rings is 1. The van der Waals surface area contributed by atoms with Gasteiger partial charge in [0.2, 0.25) is 0 Å². The predicted octanol–water partition coefficient (Wildman–Crippen LogP) is 2.58. The summed E-state index contributed by atoms with van der Waals surface area (Å²) in [6.07, 6.45) is 2.92. The molecule has 1 N–H and O–H groups in total. The van der Waals surface area contributed by atoms with E-state index in [0.29, 0.717) is 26.2 Å². The van der Waals surface area contributed by atoms with Crippen molar-refractivity contribution in [3.05, 3.63) is 65.7 Å². The van der Waals surface area contributed by atoms with Gasteiger partial charge in [0.25, 0.3) is 5.91 Å². The molecule has 1 saturated heterocycles. The summed E-state index contributed by atoms with van der Waals surface area (Å²) in [6, 6.07) is 9.96. The van der Waals surface area contributed by atoms with Crippen LogP contribution in [0.15, 0.2) is 48.8 Å². The van der Waals surface area contributed by atoms with Crippen LogP contribution in [0.2, 0.25) is 0 Å². The maximum Gasteiger partial charge on any atom is 0.253 e. The number of hydrogen-bond donors (Lipinski definition) is 1. The second-order valence-electron chi connectivity index (χ2n) is 5.74. The Hall–Kier alpha value is -1.73. The minimum atomic E-state index is -0.485. The fraction of sp³-hybridized carbons (Fsp3) is 0.333. The molecule has 1 unspecified atom stereocenters. The zero-order valence-electron chi connectivity index (χ0n) is 14.1. The first-order valence-electron chi connectivity index (χ1n) is 7.97. The van der Waals surface area contributed by atoms with E-state index in [1.807, 2.05) is 12.1 Å². The van der Waals surface area contributed by atoms with Gasteiger partial charge in [-0.1, -0.05) is 12.1 Å². The molecule has 1 aliphatic heterocycles. The van der Waals surface area contributed by atoms with Crippen LogP contribution in [0.3, 0.4) is 0 Å². The molecule has 0 aliphatic carbocycles. The summed E-state index contributed by atoms with van der Waals surface area (Å²) >= 11 is 0. The van der Waals surface area contributed by atoms with Gasteiger partial charge in [0, 0.05) is 38.6 Å². The first kappa shape index (κ1) is 22.3. The second kappa shape index (κ2) is 11.1. The number of nitrogens with one attached hydrogen (secondary N) is 1. The van der Waals surface area contributed by atoms with Gasteiger partial charge in [0.05, 0.1) is 6.61 Å². The molecule has 0 saturated carbocycles. The van der Waals surface area contributed by atoms with Crippen LogP contribution in [-0.4, -0.2) is 41.6 Å². The zero-order chi connectivity index (χ0) is 16.8. The highest BCUT2D eigenvalue weighted by molar-refractivity contribution is 5.85. The van der Waals surface area contributed by atoms with Crippen molar-refractivity contribution < 1.29 is 13.9 Å². The molecule has 1 amide bonds. The minimum absolute atomic E-state index is 0. The molecule has 3 rings (SSSR count). The maximum atomic E-state index is 13.1. The molecule has 26 heavy (non-hydrogen) atoms. The highest BCUT2D eigenvalue weighted by Crippen LogP contribution is 2.13. The Morgan fingerprint density at radius 1 is 1.12 bits per heavy atom. The van der Waals surface area contributed by atoms with Crippen molar-refractivity contribution in [3.63, 3.8) is 0 Å². The summed E-state index contributed by atoms with van der Waals surface area (Å²) in [7, 11) is 0. The summed E-state index contributed by atoms with van der Waals surface area (Å²) in [5, 5.41) is 3.17. The second-order valence-corrected chi connectivity index (χ2v) is 5.74. The Kier molecular flexibility index (Phi) is 9.51. The van der Waals surface area contributed by atoms with E-state index in [-0.39, 0.29) is 36.5 Å². The number of carbonyl (C=O) groups excluding carboxylic acids is 1. The van der Waals surface area contributed by atoms with Crippen LogP contribution in [-0.2, 0) is 22.6 Å². The number of pyridine rings is 1. The number of rotatable bonds is 5. The van der Waals surface area contributed by atoms with Crippen molar-refractivity contribution in [1.82, 2.24) is 15.2 Å². The van der Waals surface area contributed by atoms with E-state index < -0.39 is 6.10 Å². The third kappa shape index (κ3) is 6.21. The smallest absolute Gasteiger partial charge is 0.253 e. The molecule has 0 bridgehead atoms. The average molecular weight is 402 g/mol. The molecule has 2 heterocycles. The first-order valence-corrected chi connectivity index (χ1v) is 7.97. The van der Waals surface area contributed by atoms with Gasteiger partial charge < -0.3 is 15.0 Å². The molecule has 8 heteroatoms. The number of ether oxygens (including phenoxy) is 1. The molecule has 0 radical (unpaired) electrons. The predicted molar refractivity (Wildman–Crippen MR) is 102 cm³/mol. The summed E-state index contributed by atoms with van der Waals surface area (Å²) in [4.78, 5) is 18.6. The highest BCUT2D eigenvalue weighted by atomic mass is 35.5. The normalized spacial score (nSPS) is 16.1. The molecule has 1 aromatic carbocycles. The van der Waals surface area contributed by atoms with Gasteiger partial charge in [-0.2, -0.15) is 0 Å². The van der Waals surface area contributed by atoms with E-state index in [9.17, 15) is 9.18 Å². The summed E-state index contributed by atoms with van der Waals surface area (Å²) in [6.45, 7) is 2.65. The fourth-order valence-corrected chi connectivity index (χ4v) is 2.66. The molecule has 142 valence electrons. The quantitative estimate of drug-likeness (QED) is 0.836. The van der Waals surface area contributed by atoms with Crippen LogP contribution < -0.4 is 5.32 Å². The Bertz CT molecular complexity index is 668. The third-order valence-electron chi connectivity index (χ3n) is 3.92. The summed E-state index contributed by atoms with van der Waals surface area (Å²) in [5.41, 5.74) is 1.87. The van der Waals surface area contributed by atoms with Crippen LogP contribution in [0.25, 0.3) is 0 Å². The lowest BCUT2D eigenvalue weighted by molar-refractivity contribution is -0.146. The number of halogens is 3. The van der Waals surface area contributed by atoms with Gasteiger partial charge in [0.1, 0.15) is 11.9 Å². The van der Waals surface area contributed by atoms with Crippen LogP contribution >= 0.6 is 24.8 Å². The monoisotopic (exact) mass is 401 g/mol. The Balaban J connectivity index is 0.00000169. The molecule has 1 fully saturated rings. The minimum Gasteiger partial charge on any atom is -0.366 e. The van der Waals surface area contributed by atoms with Crippen molar-refractivity contribution in [2.24, 2.45) is 0 Å². The topological polar surface area (TPSA) is 54.5 Å². The third-order valence-corrected chi connectivity index (χ3v) is 3.92. The van der Waals surface area contributed by atoms with Crippen LogP contribution in [0.5, 0.6) is 0 Å². The van der Waals surface area contributed by atoms with E-state index in [1.165, 1.54) is 12.1 Å². The Labute approximate surface area is 164 Å². The van der Waals surface area contributed by atoms with Crippen LogP contribution in [0.4, 0.5) is 4.39 Å². The molecule has 1 atom stereocenters. The highest BCUT2D eigenvalue weighted by Gasteiger charge is 2.27. The van der Waals surface area contributed by atoms with E-state index >= 15 is 0 Å². The van der Waals surface area contributed by atoms with Crippen LogP contribution in [0, 0.1) is 5.82 Å². The van der Waals surface area contributed by atoms with Crippen molar-refractivity contribution in [2.75, 3.05) is 19.7 Å². The number of carbonyl (C=O) groups is 1. The molecule has 1 aliphatic rings. The number of amides is 1. The maximum absolute atomic E-state index is 13.1. The van der Waals surface area contributed by atoms with Crippen molar-refractivity contribution in [1.29, 1.82) is 0 Å². The largest absolute Gasteiger partial charge is 0.366 e. The van der Waals surface area contributed by atoms with E-state index in [2.05, 4.69) is 10.3 Å². The average Bonchev–Trinajstić information content (AvgIpc) is 2.64. The van der Waals surface area contributed by atoms with E-state index in [1.54, 1.807) is 29.4 Å². The zero-order valence-corrected chi connectivity index (χ0v) is 15.8. The van der Waals surface area contributed by atoms with Gasteiger partial charge >= 0.3 is 0 Å². The molecule has 5 nitrogen and oxygen atoms in total. The molecular weight excluding hydrogens is 380 g/mol. The Morgan fingerprint density at radius 3 is 2.31 bits per heavy atom. The Morgan fingerprint density at radius 2 is 1.73 bits per heavy atom. The lowest BCUT2D eigenvalue weighted by Gasteiger charge is -2.30. The molecule has 0 spiro atoms. The summed E-state index contributed by atoms with van der Waals surface area (Å²) < 4.78 is 18.7. The molecule has 2 aromatic rings. The van der Waals surface area contributed by atoms with E-state index in [0.717, 1.165) is 17.7 Å². The number of morpholine rings is 1.